The molecule has 3 aromatic rings. The number of aromatic amines is 1. The third kappa shape index (κ3) is 2.18. The van der Waals surface area contributed by atoms with Gasteiger partial charge < -0.3 is 20.5 Å². The second-order valence-corrected chi connectivity index (χ2v) is 4.74. The molecule has 0 aliphatic rings. The highest BCUT2D eigenvalue weighted by Crippen LogP contribution is 2.37. The van der Waals surface area contributed by atoms with Crippen LogP contribution in [0.4, 0.5) is 0 Å². The summed E-state index contributed by atoms with van der Waals surface area (Å²) in [5, 5.41) is 23.1. The Hall–Kier alpha value is -2.95. The van der Waals surface area contributed by atoms with Gasteiger partial charge in [-0.3, -0.25) is 4.79 Å². The van der Waals surface area contributed by atoms with Gasteiger partial charge in [-0.05, 0) is 35.9 Å². The van der Waals surface area contributed by atoms with Gasteiger partial charge in [0.25, 0.3) is 5.91 Å². The number of carbonyl (C=O) groups is 1. The van der Waals surface area contributed by atoms with E-state index in [9.17, 15) is 15.0 Å². The van der Waals surface area contributed by atoms with E-state index >= 15 is 0 Å². The van der Waals surface area contributed by atoms with Crippen LogP contribution in [-0.4, -0.2) is 28.2 Å². The molecule has 0 spiro atoms. The van der Waals surface area contributed by atoms with Gasteiger partial charge in [0.2, 0.25) is 0 Å². The molecule has 0 saturated heterocycles. The lowest BCUT2D eigenvalue weighted by Gasteiger charge is -2.07. The van der Waals surface area contributed by atoms with E-state index in [4.69, 9.17) is 0 Å². The second kappa shape index (κ2) is 4.86. The molecule has 0 aliphatic heterocycles. The van der Waals surface area contributed by atoms with Crippen LogP contribution in [-0.2, 0) is 0 Å². The van der Waals surface area contributed by atoms with E-state index in [-0.39, 0.29) is 17.4 Å². The normalized spacial score (nSPS) is 10.7. The summed E-state index contributed by atoms with van der Waals surface area (Å²) >= 11 is 0. The number of fused-ring (bicyclic) bond motifs is 1. The van der Waals surface area contributed by atoms with E-state index in [0.717, 1.165) is 5.39 Å². The molecule has 5 nitrogen and oxygen atoms in total. The number of H-pyrrole nitrogens is 1. The van der Waals surface area contributed by atoms with Crippen molar-refractivity contribution in [3.8, 4) is 22.6 Å². The number of aromatic hydroxyl groups is 2. The van der Waals surface area contributed by atoms with Crippen LogP contribution in [0.15, 0.2) is 42.5 Å². The minimum atomic E-state index is -0.229. The quantitative estimate of drug-likeness (QED) is 0.583. The number of hydrogen-bond acceptors (Lipinski definition) is 3. The topological polar surface area (TPSA) is 85.3 Å². The summed E-state index contributed by atoms with van der Waals surface area (Å²) in [6.45, 7) is 0. The number of benzene rings is 2. The summed E-state index contributed by atoms with van der Waals surface area (Å²) in [6.07, 6.45) is 0. The molecule has 21 heavy (non-hydrogen) atoms. The summed E-state index contributed by atoms with van der Waals surface area (Å²) in [7, 11) is 1.56. The Kier molecular flexibility index (Phi) is 3.02. The molecule has 5 heteroatoms. The van der Waals surface area contributed by atoms with Gasteiger partial charge in [-0.25, -0.2) is 0 Å². The fourth-order valence-corrected chi connectivity index (χ4v) is 2.40. The minimum absolute atomic E-state index is 0.0819. The number of amides is 1. The molecular weight excluding hydrogens is 268 g/mol. The smallest absolute Gasteiger partial charge is 0.267 e. The first-order chi connectivity index (χ1) is 10.1. The molecule has 4 N–H and O–H groups in total. The maximum Gasteiger partial charge on any atom is 0.267 e. The van der Waals surface area contributed by atoms with Gasteiger partial charge in [0, 0.05) is 18.0 Å². The Labute approximate surface area is 120 Å². The van der Waals surface area contributed by atoms with E-state index < -0.39 is 0 Å². The van der Waals surface area contributed by atoms with Crippen molar-refractivity contribution in [2.24, 2.45) is 0 Å². The van der Waals surface area contributed by atoms with Crippen LogP contribution in [0.5, 0.6) is 11.5 Å². The first-order valence-corrected chi connectivity index (χ1v) is 6.46. The fraction of sp³-hybridized carbons (Fsp3) is 0.0625. The maximum atomic E-state index is 11.7. The molecule has 106 valence electrons. The Bertz CT molecular complexity index is 837. The van der Waals surface area contributed by atoms with Crippen molar-refractivity contribution in [1.29, 1.82) is 0 Å². The largest absolute Gasteiger partial charge is 0.508 e. The summed E-state index contributed by atoms with van der Waals surface area (Å²) in [6, 6.07) is 11.6. The Morgan fingerprint density at radius 1 is 1.14 bits per heavy atom. The van der Waals surface area contributed by atoms with E-state index in [2.05, 4.69) is 10.3 Å². The van der Waals surface area contributed by atoms with Gasteiger partial charge in [0.05, 0.1) is 5.52 Å². The molecule has 1 amide bonds. The molecule has 0 bridgehead atoms. The van der Waals surface area contributed by atoms with E-state index in [1.54, 1.807) is 49.5 Å². The van der Waals surface area contributed by atoms with Crippen molar-refractivity contribution in [3.05, 3.63) is 48.2 Å². The lowest BCUT2D eigenvalue weighted by atomic mass is 10.0. The average Bonchev–Trinajstić information content (AvgIpc) is 2.90. The Balaban J connectivity index is 2.28. The summed E-state index contributed by atoms with van der Waals surface area (Å²) < 4.78 is 0. The predicted octanol–water partition coefficient (Wildman–Crippen LogP) is 2.61. The Morgan fingerprint density at radius 2 is 1.95 bits per heavy atom. The fourth-order valence-electron chi connectivity index (χ4n) is 2.40. The van der Waals surface area contributed by atoms with E-state index in [1.165, 1.54) is 0 Å². The molecule has 0 atom stereocenters. The van der Waals surface area contributed by atoms with Crippen molar-refractivity contribution >= 4 is 16.8 Å². The molecule has 0 fully saturated rings. The molecule has 0 aliphatic carbocycles. The van der Waals surface area contributed by atoms with Gasteiger partial charge in [-0.2, -0.15) is 0 Å². The molecule has 1 heterocycles. The van der Waals surface area contributed by atoms with Crippen molar-refractivity contribution in [3.63, 3.8) is 0 Å². The number of rotatable bonds is 2. The number of hydrogen-bond donors (Lipinski definition) is 4. The van der Waals surface area contributed by atoms with Crippen molar-refractivity contribution in [2.45, 2.75) is 0 Å². The van der Waals surface area contributed by atoms with Gasteiger partial charge in [0.1, 0.15) is 17.2 Å². The number of nitrogens with one attached hydrogen (secondary N) is 2. The standard InChI is InChI=1S/C16H14N2O3/c1-17-16(21)12-8-10-5-6-13(20)14(15(10)18-12)9-3-2-4-11(19)7-9/h2-8,18-20H,1H3,(H,17,21). The highest BCUT2D eigenvalue weighted by Gasteiger charge is 2.15. The SMILES string of the molecule is CNC(=O)c1cc2ccc(O)c(-c3cccc(O)c3)c2[nH]1. The van der Waals surface area contributed by atoms with Crippen LogP contribution in [0.3, 0.4) is 0 Å². The average molecular weight is 282 g/mol. The number of carbonyl (C=O) groups excluding carboxylic acids is 1. The first-order valence-electron chi connectivity index (χ1n) is 6.46. The van der Waals surface area contributed by atoms with Crippen molar-refractivity contribution in [2.75, 3.05) is 7.05 Å². The third-order valence-electron chi connectivity index (χ3n) is 3.38. The van der Waals surface area contributed by atoms with E-state index in [0.29, 0.717) is 22.3 Å². The monoisotopic (exact) mass is 282 g/mol. The lowest BCUT2D eigenvalue weighted by molar-refractivity contribution is 0.0959. The molecular formula is C16H14N2O3. The van der Waals surface area contributed by atoms with E-state index in [1.807, 2.05) is 0 Å². The minimum Gasteiger partial charge on any atom is -0.508 e. The van der Waals surface area contributed by atoms with Crippen LogP contribution < -0.4 is 5.32 Å². The molecule has 1 aromatic heterocycles. The van der Waals surface area contributed by atoms with Crippen LogP contribution in [0.2, 0.25) is 0 Å². The van der Waals surface area contributed by atoms with Crippen molar-refractivity contribution in [1.82, 2.24) is 10.3 Å². The van der Waals surface area contributed by atoms with Gasteiger partial charge >= 0.3 is 0 Å². The summed E-state index contributed by atoms with van der Waals surface area (Å²) in [5.74, 6) is -0.0343. The van der Waals surface area contributed by atoms with Gasteiger partial charge in [-0.1, -0.05) is 12.1 Å². The molecule has 0 radical (unpaired) electrons. The van der Waals surface area contributed by atoms with Crippen LogP contribution in [0.1, 0.15) is 10.5 Å². The van der Waals surface area contributed by atoms with Crippen LogP contribution >= 0.6 is 0 Å². The molecule has 0 saturated carbocycles. The molecule has 0 unspecified atom stereocenters. The van der Waals surface area contributed by atoms with Crippen molar-refractivity contribution < 1.29 is 15.0 Å². The van der Waals surface area contributed by atoms with Gasteiger partial charge in [-0.15, -0.1) is 0 Å². The lowest BCUT2D eigenvalue weighted by Crippen LogP contribution is -2.17. The number of phenolic OH excluding ortho intramolecular Hbond substituents is 2. The first kappa shape index (κ1) is 13.1. The zero-order valence-corrected chi connectivity index (χ0v) is 11.3. The third-order valence-corrected chi connectivity index (χ3v) is 3.38. The maximum absolute atomic E-state index is 11.7. The Morgan fingerprint density at radius 3 is 2.67 bits per heavy atom. The molecule has 2 aromatic carbocycles. The summed E-state index contributed by atoms with van der Waals surface area (Å²) in [5.41, 5.74) is 2.29. The number of phenols is 2. The summed E-state index contributed by atoms with van der Waals surface area (Å²) in [4.78, 5) is 14.7. The highest BCUT2D eigenvalue weighted by molar-refractivity contribution is 6.03. The second-order valence-electron chi connectivity index (χ2n) is 4.74. The van der Waals surface area contributed by atoms with Crippen LogP contribution in [0, 0.1) is 0 Å². The number of aromatic nitrogens is 1. The molecule has 3 rings (SSSR count). The highest BCUT2D eigenvalue weighted by atomic mass is 16.3. The predicted molar refractivity (Wildman–Crippen MR) is 80.5 cm³/mol. The van der Waals surface area contributed by atoms with Gasteiger partial charge in [0.15, 0.2) is 0 Å². The zero-order valence-electron chi connectivity index (χ0n) is 11.3. The van der Waals surface area contributed by atoms with Crippen LogP contribution in [0.25, 0.3) is 22.0 Å². The zero-order chi connectivity index (χ0) is 15.0.